The average Bonchev–Trinajstić information content (AvgIpc) is 3.01. The van der Waals surface area contributed by atoms with Crippen LogP contribution < -0.4 is 11.1 Å². The number of carbonyl (C=O) groups is 1. The zero-order valence-corrected chi connectivity index (χ0v) is 16.2. The van der Waals surface area contributed by atoms with Crippen LogP contribution in [-0.4, -0.2) is 45.0 Å². The van der Waals surface area contributed by atoms with E-state index < -0.39 is 16.0 Å². The Morgan fingerprint density at radius 2 is 2.04 bits per heavy atom. The molecule has 0 saturated carbocycles. The van der Waals surface area contributed by atoms with Crippen molar-refractivity contribution < 1.29 is 14.5 Å². The van der Waals surface area contributed by atoms with E-state index >= 15 is 0 Å². The first-order valence-electron chi connectivity index (χ1n) is 8.16. The van der Waals surface area contributed by atoms with Gasteiger partial charge in [-0.05, 0) is 24.9 Å². The smallest absolute Gasteiger partial charge is 0.314 e. The Hall–Kier alpha value is -2.53. The van der Waals surface area contributed by atoms with Gasteiger partial charge < -0.3 is 14.7 Å². The van der Waals surface area contributed by atoms with Crippen molar-refractivity contribution in [2.24, 2.45) is 0 Å². The number of aromatic nitrogens is 2. The van der Waals surface area contributed by atoms with Gasteiger partial charge in [0.25, 0.3) is 5.69 Å². The van der Waals surface area contributed by atoms with Crippen molar-refractivity contribution in [3.63, 3.8) is 0 Å². The summed E-state index contributed by atoms with van der Waals surface area (Å²) < 4.78 is 5.08. The second kappa shape index (κ2) is 8.44. The third-order valence-electron chi connectivity index (χ3n) is 4.46. The molecule has 1 saturated heterocycles. The molecule has 1 unspecified atom stereocenters. The predicted molar refractivity (Wildman–Crippen MR) is 102 cm³/mol. The van der Waals surface area contributed by atoms with Crippen LogP contribution in [0.15, 0.2) is 21.7 Å². The van der Waals surface area contributed by atoms with Crippen molar-refractivity contribution in [3.05, 3.63) is 48.5 Å². The summed E-state index contributed by atoms with van der Waals surface area (Å²) in [5.41, 5.74) is -0.764. The molecule has 1 aliphatic rings. The van der Waals surface area contributed by atoms with E-state index in [1.807, 2.05) is 4.90 Å². The van der Waals surface area contributed by atoms with Crippen LogP contribution in [0.3, 0.4) is 0 Å². The van der Waals surface area contributed by atoms with Crippen LogP contribution in [0.4, 0.5) is 5.69 Å². The molecule has 0 bridgehead atoms. The summed E-state index contributed by atoms with van der Waals surface area (Å²) in [6, 6.07) is 2.61. The largest absolute Gasteiger partial charge is 0.464 e. The van der Waals surface area contributed by atoms with Gasteiger partial charge >= 0.3 is 17.1 Å². The van der Waals surface area contributed by atoms with E-state index in [-0.39, 0.29) is 46.8 Å². The lowest BCUT2D eigenvalue weighted by Gasteiger charge is -2.24. The fourth-order valence-electron chi connectivity index (χ4n) is 3.24. The maximum atomic E-state index is 11.7. The van der Waals surface area contributed by atoms with Crippen LogP contribution in [0, 0.1) is 10.1 Å². The number of nitrogens with one attached hydrogen (secondary N) is 2. The molecule has 146 valence electrons. The molecule has 2 N–H and O–H groups in total. The molecule has 3 rings (SSSR count). The van der Waals surface area contributed by atoms with Crippen molar-refractivity contribution in [1.82, 2.24) is 14.9 Å². The Labute approximate surface area is 163 Å². The minimum Gasteiger partial charge on any atom is -0.464 e. The lowest BCUT2D eigenvalue weighted by atomic mass is 10.1. The number of esters is 1. The zero-order chi connectivity index (χ0) is 18.8. The summed E-state index contributed by atoms with van der Waals surface area (Å²) in [6.07, 6.45) is 1.75. The molecule has 2 aromatic rings. The summed E-state index contributed by atoms with van der Waals surface area (Å²) >= 11 is 0. The van der Waals surface area contributed by atoms with E-state index in [1.165, 1.54) is 19.1 Å². The van der Waals surface area contributed by atoms with Gasteiger partial charge in [0.2, 0.25) is 0 Å². The van der Waals surface area contributed by atoms with Gasteiger partial charge in [0.1, 0.15) is 6.61 Å². The molecule has 1 aromatic carbocycles. The first-order valence-corrected chi connectivity index (χ1v) is 8.16. The fraction of sp³-hybridized carbons (Fsp3) is 0.438. The highest BCUT2D eigenvalue weighted by Crippen LogP contribution is 2.26. The van der Waals surface area contributed by atoms with Crippen LogP contribution in [0.2, 0.25) is 0 Å². The van der Waals surface area contributed by atoms with Gasteiger partial charge in [-0.1, -0.05) is 0 Å². The molecule has 1 aromatic heterocycles. The highest BCUT2D eigenvalue weighted by atomic mass is 79.9. The molecule has 27 heavy (non-hydrogen) atoms. The number of rotatable bonds is 5. The highest BCUT2D eigenvalue weighted by molar-refractivity contribution is 8.93. The zero-order valence-electron chi connectivity index (χ0n) is 14.5. The van der Waals surface area contributed by atoms with Gasteiger partial charge in [0, 0.05) is 31.6 Å². The van der Waals surface area contributed by atoms with Gasteiger partial charge in [0.05, 0.1) is 16.0 Å². The van der Waals surface area contributed by atoms with E-state index in [4.69, 9.17) is 4.74 Å². The van der Waals surface area contributed by atoms with Crippen LogP contribution in [0.25, 0.3) is 11.0 Å². The molecule has 1 aliphatic heterocycles. The lowest BCUT2D eigenvalue weighted by Crippen LogP contribution is -2.34. The van der Waals surface area contributed by atoms with Crippen LogP contribution >= 0.6 is 17.0 Å². The van der Waals surface area contributed by atoms with Gasteiger partial charge in [-0.25, -0.2) is 0 Å². The van der Waals surface area contributed by atoms with Gasteiger partial charge in [-0.15, -0.1) is 17.0 Å². The molecule has 11 heteroatoms. The summed E-state index contributed by atoms with van der Waals surface area (Å²) in [4.78, 5) is 51.8. The number of likely N-dealkylation sites (tertiary alicyclic amines) is 1. The Morgan fingerprint density at radius 3 is 2.70 bits per heavy atom. The topological polar surface area (TPSA) is 138 Å². The predicted octanol–water partition coefficient (Wildman–Crippen LogP) is 1.23. The van der Waals surface area contributed by atoms with Gasteiger partial charge in [0.15, 0.2) is 0 Å². The first-order chi connectivity index (χ1) is 12.3. The quantitative estimate of drug-likeness (QED) is 0.307. The van der Waals surface area contributed by atoms with Gasteiger partial charge in [-0.3, -0.25) is 29.4 Å². The number of fused-ring (bicyclic) bond motifs is 1. The second-order valence-electron chi connectivity index (χ2n) is 6.26. The Balaban J connectivity index is 0.00000261. The van der Waals surface area contributed by atoms with E-state index in [1.54, 1.807) is 0 Å². The summed E-state index contributed by atoms with van der Waals surface area (Å²) in [7, 11) is 0. The number of hydrogen-bond acceptors (Lipinski definition) is 7. The number of aromatic amines is 2. The Morgan fingerprint density at radius 1 is 1.33 bits per heavy atom. The molecule has 0 radical (unpaired) electrons. The van der Waals surface area contributed by atoms with E-state index in [0.717, 1.165) is 19.4 Å². The maximum absolute atomic E-state index is 11.7. The number of nitrogens with zero attached hydrogens (tertiary/aromatic N) is 2. The SMILES string of the molecule is Br.CC(=O)OCC1CCCN1Cc1cc([N+](=O)[O-])cc2[nH]c(=O)c(=O)[nH]c12. The van der Waals surface area contributed by atoms with Crippen LogP contribution in [0.1, 0.15) is 25.3 Å². The Bertz CT molecular complexity index is 985. The fourth-order valence-corrected chi connectivity index (χ4v) is 3.24. The molecule has 10 nitrogen and oxygen atoms in total. The molecule has 0 amide bonds. The van der Waals surface area contributed by atoms with Crippen molar-refractivity contribution in [2.75, 3.05) is 13.2 Å². The molecule has 0 spiro atoms. The summed E-state index contributed by atoms with van der Waals surface area (Å²) in [5.74, 6) is -0.362. The van der Waals surface area contributed by atoms with Crippen molar-refractivity contribution in [3.8, 4) is 0 Å². The number of benzene rings is 1. The standard InChI is InChI=1S/C16H18N4O6.BrH/c1-9(21)26-8-11-3-2-4-19(11)7-10-5-12(20(24)25)6-13-14(10)18-16(23)15(22)17-13;/h5-6,11H,2-4,7-8H2,1H3,(H,17,22)(H,18,23);1H. The average molecular weight is 443 g/mol. The molecule has 2 heterocycles. The number of nitro groups is 1. The molecular weight excluding hydrogens is 424 g/mol. The summed E-state index contributed by atoms with van der Waals surface area (Å²) in [5, 5.41) is 11.2. The molecular formula is C16H19BrN4O6. The van der Waals surface area contributed by atoms with E-state index in [2.05, 4.69) is 9.97 Å². The lowest BCUT2D eigenvalue weighted by molar-refractivity contribution is -0.384. The number of nitro benzene ring substituents is 1. The molecule has 0 aliphatic carbocycles. The normalized spacial score (nSPS) is 16.9. The number of non-ortho nitro benzene ring substituents is 1. The molecule has 1 atom stereocenters. The van der Waals surface area contributed by atoms with Crippen LogP contribution in [0.5, 0.6) is 0 Å². The number of ether oxygens (including phenoxy) is 1. The third-order valence-corrected chi connectivity index (χ3v) is 4.46. The van der Waals surface area contributed by atoms with Crippen molar-refractivity contribution in [2.45, 2.75) is 32.4 Å². The second-order valence-corrected chi connectivity index (χ2v) is 6.26. The van der Waals surface area contributed by atoms with E-state index in [0.29, 0.717) is 17.6 Å². The number of halogens is 1. The number of carbonyl (C=O) groups excluding carboxylic acids is 1. The van der Waals surface area contributed by atoms with Crippen LogP contribution in [-0.2, 0) is 16.1 Å². The summed E-state index contributed by atoms with van der Waals surface area (Å²) in [6.45, 7) is 2.65. The third kappa shape index (κ3) is 4.61. The van der Waals surface area contributed by atoms with Crippen molar-refractivity contribution >= 4 is 39.7 Å². The minimum atomic E-state index is -0.863. The highest BCUT2D eigenvalue weighted by Gasteiger charge is 2.27. The molecule has 1 fully saturated rings. The van der Waals surface area contributed by atoms with E-state index in [9.17, 15) is 24.5 Å². The number of H-pyrrole nitrogens is 2. The minimum absolute atomic E-state index is 0. The monoisotopic (exact) mass is 442 g/mol. The maximum Gasteiger partial charge on any atom is 0.314 e. The Kier molecular flexibility index (Phi) is 6.50. The van der Waals surface area contributed by atoms with Crippen molar-refractivity contribution in [1.29, 1.82) is 0 Å². The number of hydrogen-bond donors (Lipinski definition) is 2. The van der Waals surface area contributed by atoms with Gasteiger partial charge in [-0.2, -0.15) is 0 Å². The first kappa shape index (κ1) is 20.8.